The van der Waals surface area contributed by atoms with E-state index < -0.39 is 17.9 Å². The molecule has 2 amide bonds. The van der Waals surface area contributed by atoms with Gasteiger partial charge in [-0.3, -0.25) is 25.4 Å². The van der Waals surface area contributed by atoms with E-state index in [0.29, 0.717) is 5.75 Å². The van der Waals surface area contributed by atoms with Crippen molar-refractivity contribution in [1.82, 2.24) is 15.8 Å². The van der Waals surface area contributed by atoms with Gasteiger partial charge < -0.3 is 4.74 Å². The Bertz CT molecular complexity index is 707. The topological polar surface area (TPSA) is 80.3 Å². The van der Waals surface area contributed by atoms with Gasteiger partial charge >= 0.3 is 0 Å². The zero-order chi connectivity index (χ0) is 16.8. The highest BCUT2D eigenvalue weighted by Crippen LogP contribution is 2.26. The summed E-state index contributed by atoms with van der Waals surface area (Å²) < 4.78 is 6.33. The first-order valence-corrected chi connectivity index (χ1v) is 7.70. The summed E-state index contributed by atoms with van der Waals surface area (Å²) in [5.74, 6) is -0.418. The molecule has 0 aliphatic rings. The Kier molecular flexibility index (Phi) is 5.70. The van der Waals surface area contributed by atoms with E-state index in [9.17, 15) is 9.59 Å². The second kappa shape index (κ2) is 7.73. The highest BCUT2D eigenvalue weighted by Gasteiger charge is 2.17. The maximum Gasteiger partial charge on any atom is 0.288 e. The van der Waals surface area contributed by atoms with Gasteiger partial charge in [-0.25, -0.2) is 0 Å². The molecular weight excluding hydrogens is 362 g/mol. The smallest absolute Gasteiger partial charge is 0.288 e. The average molecular weight is 378 g/mol. The number of hydrogen-bond acceptors (Lipinski definition) is 4. The molecule has 1 aromatic carbocycles. The van der Waals surface area contributed by atoms with Crippen molar-refractivity contribution >= 4 is 27.7 Å². The minimum atomic E-state index is -0.780. The number of aryl methyl sites for hydroxylation is 1. The van der Waals surface area contributed by atoms with Gasteiger partial charge in [0.15, 0.2) is 6.10 Å². The quantitative estimate of drug-likeness (QED) is 0.801. The maximum atomic E-state index is 12.0. The monoisotopic (exact) mass is 377 g/mol. The van der Waals surface area contributed by atoms with Crippen LogP contribution in [0.4, 0.5) is 0 Å². The molecule has 0 spiro atoms. The summed E-state index contributed by atoms with van der Waals surface area (Å²) in [5.41, 5.74) is 5.89. The highest BCUT2D eigenvalue weighted by atomic mass is 79.9. The van der Waals surface area contributed by atoms with Crippen LogP contribution >= 0.6 is 15.9 Å². The average Bonchev–Trinajstić information content (AvgIpc) is 2.55. The number of hydrogen-bond donors (Lipinski definition) is 2. The fourth-order valence-electron chi connectivity index (χ4n) is 1.73. The largest absolute Gasteiger partial charge is 0.480 e. The zero-order valence-electron chi connectivity index (χ0n) is 12.7. The minimum absolute atomic E-state index is 0.211. The van der Waals surface area contributed by atoms with Crippen molar-refractivity contribution in [2.75, 3.05) is 0 Å². The molecule has 0 radical (unpaired) electrons. The Hall–Kier alpha value is -2.41. The fourth-order valence-corrected chi connectivity index (χ4v) is 2.31. The van der Waals surface area contributed by atoms with Crippen LogP contribution in [0.15, 0.2) is 47.1 Å². The van der Waals surface area contributed by atoms with Crippen molar-refractivity contribution in [1.29, 1.82) is 0 Å². The van der Waals surface area contributed by atoms with Crippen LogP contribution < -0.4 is 15.6 Å². The minimum Gasteiger partial charge on any atom is -0.480 e. The Morgan fingerprint density at radius 1 is 1.22 bits per heavy atom. The molecule has 2 aromatic rings. The summed E-state index contributed by atoms with van der Waals surface area (Å²) in [5, 5.41) is 0. The summed E-state index contributed by atoms with van der Waals surface area (Å²) in [6.45, 7) is 3.55. The van der Waals surface area contributed by atoms with Crippen molar-refractivity contribution in [3.05, 3.63) is 58.3 Å². The number of hydrazine groups is 1. The Labute approximate surface area is 142 Å². The number of halogens is 1. The molecule has 23 heavy (non-hydrogen) atoms. The van der Waals surface area contributed by atoms with E-state index in [-0.39, 0.29) is 5.69 Å². The SMILES string of the molecule is Cc1ccc(O[C@H](C)C(=O)NNC(=O)c2ccccn2)c(Br)c1. The Balaban J connectivity index is 1.89. The van der Waals surface area contributed by atoms with Crippen molar-refractivity contribution in [2.45, 2.75) is 20.0 Å². The second-order valence-corrected chi connectivity index (χ2v) is 5.71. The molecule has 0 saturated heterocycles. The fraction of sp³-hybridized carbons (Fsp3) is 0.188. The van der Waals surface area contributed by atoms with Crippen molar-refractivity contribution < 1.29 is 14.3 Å². The number of carbonyl (C=O) groups is 2. The third-order valence-electron chi connectivity index (χ3n) is 2.96. The predicted molar refractivity (Wildman–Crippen MR) is 88.8 cm³/mol. The maximum absolute atomic E-state index is 12.0. The summed E-state index contributed by atoms with van der Waals surface area (Å²) in [4.78, 5) is 27.6. The first kappa shape index (κ1) is 17.0. The Morgan fingerprint density at radius 3 is 2.65 bits per heavy atom. The Morgan fingerprint density at radius 2 is 2.00 bits per heavy atom. The molecule has 1 aromatic heterocycles. The number of amides is 2. The predicted octanol–water partition coefficient (Wildman–Crippen LogP) is 2.38. The van der Waals surface area contributed by atoms with Crippen LogP contribution in [-0.4, -0.2) is 22.9 Å². The number of pyridine rings is 1. The first-order chi connectivity index (χ1) is 11.0. The number of nitrogens with one attached hydrogen (secondary N) is 2. The van der Waals surface area contributed by atoms with E-state index in [4.69, 9.17) is 4.74 Å². The normalized spacial score (nSPS) is 11.4. The van der Waals surface area contributed by atoms with Crippen molar-refractivity contribution in [2.24, 2.45) is 0 Å². The lowest BCUT2D eigenvalue weighted by molar-refractivity contribution is -0.128. The van der Waals surface area contributed by atoms with Crippen LogP contribution in [-0.2, 0) is 4.79 Å². The molecule has 120 valence electrons. The van der Waals surface area contributed by atoms with Gasteiger partial charge in [-0.15, -0.1) is 0 Å². The second-order valence-electron chi connectivity index (χ2n) is 4.85. The van der Waals surface area contributed by atoms with Gasteiger partial charge in [0.05, 0.1) is 4.47 Å². The molecule has 0 bridgehead atoms. The molecule has 0 aliphatic heterocycles. The summed E-state index contributed by atoms with van der Waals surface area (Å²) in [7, 11) is 0. The highest BCUT2D eigenvalue weighted by molar-refractivity contribution is 9.10. The number of benzene rings is 1. The standard InChI is InChI=1S/C16H16BrN3O3/c1-10-6-7-14(12(17)9-10)23-11(2)15(21)19-20-16(22)13-5-3-4-8-18-13/h3-9,11H,1-2H3,(H,19,21)(H,20,22)/t11-/m1/s1. The van der Waals surface area contributed by atoms with E-state index in [2.05, 4.69) is 31.8 Å². The van der Waals surface area contributed by atoms with E-state index >= 15 is 0 Å². The van der Waals surface area contributed by atoms with Crippen LogP contribution in [0.1, 0.15) is 23.0 Å². The van der Waals surface area contributed by atoms with E-state index in [1.807, 2.05) is 19.1 Å². The van der Waals surface area contributed by atoms with Crippen LogP contribution in [0.2, 0.25) is 0 Å². The lowest BCUT2D eigenvalue weighted by atomic mass is 10.2. The molecule has 0 fully saturated rings. The molecule has 1 atom stereocenters. The molecule has 7 heteroatoms. The lowest BCUT2D eigenvalue weighted by Crippen LogP contribution is -2.47. The molecule has 2 N–H and O–H groups in total. The third-order valence-corrected chi connectivity index (χ3v) is 3.58. The molecule has 2 rings (SSSR count). The van der Waals surface area contributed by atoms with Crippen molar-refractivity contribution in [3.63, 3.8) is 0 Å². The number of rotatable bonds is 4. The van der Waals surface area contributed by atoms with E-state index in [0.717, 1.165) is 10.0 Å². The number of aromatic nitrogens is 1. The lowest BCUT2D eigenvalue weighted by Gasteiger charge is -2.16. The van der Waals surface area contributed by atoms with Gasteiger partial charge in [-0.2, -0.15) is 0 Å². The molecule has 0 saturated carbocycles. The van der Waals surface area contributed by atoms with Crippen LogP contribution in [0.25, 0.3) is 0 Å². The molecular formula is C16H16BrN3O3. The van der Waals surface area contributed by atoms with Gasteiger partial charge in [0.25, 0.3) is 11.8 Å². The number of nitrogens with zero attached hydrogens (tertiary/aromatic N) is 1. The number of ether oxygens (including phenoxy) is 1. The van der Waals surface area contributed by atoms with Gasteiger partial charge in [0.2, 0.25) is 0 Å². The zero-order valence-corrected chi connectivity index (χ0v) is 14.3. The molecule has 1 heterocycles. The first-order valence-electron chi connectivity index (χ1n) is 6.91. The van der Waals surface area contributed by atoms with Crippen LogP contribution in [0, 0.1) is 6.92 Å². The van der Waals surface area contributed by atoms with E-state index in [1.165, 1.54) is 6.20 Å². The van der Waals surface area contributed by atoms with Crippen LogP contribution in [0.3, 0.4) is 0 Å². The third kappa shape index (κ3) is 4.79. The summed E-state index contributed by atoms with van der Waals surface area (Å²) >= 11 is 3.38. The van der Waals surface area contributed by atoms with Gasteiger partial charge in [-0.05, 0) is 59.6 Å². The van der Waals surface area contributed by atoms with Gasteiger partial charge in [0.1, 0.15) is 11.4 Å². The molecule has 0 aliphatic carbocycles. The number of carbonyl (C=O) groups excluding carboxylic acids is 2. The van der Waals surface area contributed by atoms with Gasteiger partial charge in [-0.1, -0.05) is 12.1 Å². The summed E-state index contributed by atoms with van der Waals surface area (Å²) in [6.07, 6.45) is 0.718. The molecule has 6 nitrogen and oxygen atoms in total. The summed E-state index contributed by atoms with van der Waals surface area (Å²) in [6, 6.07) is 10.5. The van der Waals surface area contributed by atoms with Crippen LogP contribution in [0.5, 0.6) is 5.75 Å². The van der Waals surface area contributed by atoms with Gasteiger partial charge in [0, 0.05) is 6.20 Å². The van der Waals surface area contributed by atoms with E-state index in [1.54, 1.807) is 31.2 Å². The van der Waals surface area contributed by atoms with Crippen molar-refractivity contribution in [3.8, 4) is 5.75 Å². The molecule has 0 unspecified atom stereocenters.